The van der Waals surface area contributed by atoms with Gasteiger partial charge in [0.15, 0.2) is 0 Å². The van der Waals surface area contributed by atoms with E-state index < -0.39 is 23.9 Å². The Hall–Kier alpha value is -3.99. The van der Waals surface area contributed by atoms with Gasteiger partial charge in [0.25, 0.3) is 11.8 Å². The number of benzene rings is 2. The smallest absolute Gasteiger partial charge is 0.253 e. The normalized spacial score (nSPS) is 12.5. The number of thiazole rings is 1. The Kier molecular flexibility index (Phi) is 10.1. The molecule has 2 aromatic carbocycles. The molecule has 4 aromatic rings. The Labute approximate surface area is 236 Å². The van der Waals surface area contributed by atoms with Crippen LogP contribution in [0.1, 0.15) is 42.5 Å². The van der Waals surface area contributed by atoms with Crippen LogP contribution in [0, 0.1) is 12.7 Å². The molecule has 40 heavy (non-hydrogen) atoms. The maximum Gasteiger partial charge on any atom is 0.253 e. The summed E-state index contributed by atoms with van der Waals surface area (Å²) in [6.45, 7) is 2.75. The first kappa shape index (κ1) is 29.0. The molecule has 2 amide bonds. The van der Waals surface area contributed by atoms with Crippen LogP contribution in [0.5, 0.6) is 0 Å². The molecule has 10 heteroatoms. The zero-order valence-electron chi connectivity index (χ0n) is 22.4. The van der Waals surface area contributed by atoms with Crippen LogP contribution in [0.4, 0.5) is 4.39 Å². The lowest BCUT2D eigenvalue weighted by molar-refractivity contribution is 0.0784. The quantitative estimate of drug-likeness (QED) is 0.243. The van der Waals surface area contributed by atoms with Gasteiger partial charge < -0.3 is 20.6 Å². The van der Waals surface area contributed by atoms with Gasteiger partial charge in [-0.3, -0.25) is 14.6 Å². The highest BCUT2D eigenvalue weighted by molar-refractivity contribution is 7.09. The molecule has 8 nitrogen and oxygen atoms in total. The van der Waals surface area contributed by atoms with Crippen LogP contribution in [0.2, 0.25) is 0 Å². The van der Waals surface area contributed by atoms with E-state index in [1.807, 2.05) is 42.6 Å². The summed E-state index contributed by atoms with van der Waals surface area (Å²) < 4.78 is 13.4. The first-order valence-corrected chi connectivity index (χ1v) is 13.8. The first-order valence-electron chi connectivity index (χ1n) is 12.9. The van der Waals surface area contributed by atoms with Crippen molar-refractivity contribution < 1.29 is 19.1 Å². The molecule has 0 saturated heterocycles. The second-order valence-corrected chi connectivity index (χ2v) is 10.5. The van der Waals surface area contributed by atoms with E-state index >= 15 is 0 Å². The standard InChI is InChI=1S/C30H32FN5O3S/c1-20-19-40-28(34-20)18-36(2)30(39)24-10-6-9-23(13-24)29(38)35-26(12-21-7-4-3-5-8-21)27(37)17-33-15-22-11-25(31)16-32-14-22/h3-11,13-14,16,19,26-27,33,37H,12,15,17-18H2,1-2H3,(H,35,38)/t26-,27+/m0/s1. The zero-order valence-corrected chi connectivity index (χ0v) is 23.2. The van der Waals surface area contributed by atoms with E-state index in [-0.39, 0.29) is 12.5 Å². The monoisotopic (exact) mass is 561 g/mol. The number of aromatic nitrogens is 2. The molecule has 3 N–H and O–H groups in total. The van der Waals surface area contributed by atoms with E-state index in [0.29, 0.717) is 36.2 Å². The van der Waals surface area contributed by atoms with Gasteiger partial charge in [-0.1, -0.05) is 36.4 Å². The Bertz CT molecular complexity index is 1430. The average Bonchev–Trinajstić information content (AvgIpc) is 3.37. The van der Waals surface area contributed by atoms with Crippen LogP contribution in [0.3, 0.4) is 0 Å². The largest absolute Gasteiger partial charge is 0.390 e. The second-order valence-electron chi connectivity index (χ2n) is 9.60. The number of carbonyl (C=O) groups is 2. The molecular formula is C30H32FN5O3S. The summed E-state index contributed by atoms with van der Waals surface area (Å²) in [5.41, 5.74) is 3.20. The third-order valence-corrected chi connectivity index (χ3v) is 7.23. The number of hydrogen-bond acceptors (Lipinski definition) is 7. The Morgan fingerprint density at radius 2 is 1.82 bits per heavy atom. The van der Waals surface area contributed by atoms with Crippen LogP contribution in [-0.4, -0.2) is 57.5 Å². The van der Waals surface area contributed by atoms with E-state index in [1.54, 1.807) is 42.4 Å². The number of nitrogens with zero attached hydrogens (tertiary/aromatic N) is 3. The molecule has 0 aliphatic carbocycles. The number of aliphatic hydroxyl groups excluding tert-OH is 1. The van der Waals surface area contributed by atoms with E-state index in [4.69, 9.17) is 0 Å². The Balaban J connectivity index is 1.42. The van der Waals surface area contributed by atoms with E-state index in [0.717, 1.165) is 22.5 Å². The molecule has 0 fully saturated rings. The number of aliphatic hydroxyl groups is 1. The molecule has 2 heterocycles. The summed E-state index contributed by atoms with van der Waals surface area (Å²) in [6, 6.07) is 16.8. The zero-order chi connectivity index (χ0) is 28.5. The summed E-state index contributed by atoms with van der Waals surface area (Å²) >= 11 is 1.50. The maximum atomic E-state index is 13.4. The van der Waals surface area contributed by atoms with E-state index in [2.05, 4.69) is 20.6 Å². The molecule has 0 spiro atoms. The van der Waals surface area contributed by atoms with E-state index in [1.165, 1.54) is 17.4 Å². The summed E-state index contributed by atoms with van der Waals surface area (Å²) in [4.78, 5) is 36.2. The first-order chi connectivity index (χ1) is 19.3. The van der Waals surface area contributed by atoms with Crippen LogP contribution < -0.4 is 10.6 Å². The Morgan fingerprint density at radius 1 is 1.05 bits per heavy atom. The van der Waals surface area contributed by atoms with Gasteiger partial charge in [-0.25, -0.2) is 9.37 Å². The van der Waals surface area contributed by atoms with Gasteiger partial charge in [0, 0.05) is 48.5 Å². The van der Waals surface area contributed by atoms with Crippen molar-refractivity contribution in [3.63, 3.8) is 0 Å². The molecular weight excluding hydrogens is 529 g/mol. The maximum absolute atomic E-state index is 13.4. The highest BCUT2D eigenvalue weighted by Crippen LogP contribution is 2.15. The Morgan fingerprint density at radius 3 is 2.55 bits per heavy atom. The minimum atomic E-state index is -0.941. The fraction of sp³-hybridized carbons (Fsp3) is 0.267. The molecule has 2 aromatic heterocycles. The fourth-order valence-corrected chi connectivity index (χ4v) is 5.05. The van der Waals surface area contributed by atoms with Crippen molar-refractivity contribution in [2.75, 3.05) is 13.6 Å². The molecule has 208 valence electrons. The van der Waals surface area contributed by atoms with Crippen molar-refractivity contribution in [3.05, 3.63) is 117 Å². The van der Waals surface area contributed by atoms with Crippen molar-refractivity contribution in [1.29, 1.82) is 0 Å². The van der Waals surface area contributed by atoms with Crippen molar-refractivity contribution in [1.82, 2.24) is 25.5 Å². The highest BCUT2D eigenvalue weighted by Gasteiger charge is 2.23. The molecule has 0 bridgehead atoms. The number of hydrogen-bond donors (Lipinski definition) is 3. The third-order valence-electron chi connectivity index (χ3n) is 6.28. The highest BCUT2D eigenvalue weighted by atomic mass is 32.1. The van der Waals surface area contributed by atoms with Crippen molar-refractivity contribution in [3.8, 4) is 0 Å². The minimum Gasteiger partial charge on any atom is -0.390 e. The number of carbonyl (C=O) groups excluding carboxylic acids is 2. The number of rotatable bonds is 12. The van der Waals surface area contributed by atoms with Crippen LogP contribution >= 0.6 is 11.3 Å². The van der Waals surface area contributed by atoms with Gasteiger partial charge in [-0.15, -0.1) is 11.3 Å². The van der Waals surface area contributed by atoms with Crippen LogP contribution in [0.15, 0.2) is 78.4 Å². The summed E-state index contributed by atoms with van der Waals surface area (Å²) in [7, 11) is 1.70. The van der Waals surface area contributed by atoms with Gasteiger partial charge in [0.1, 0.15) is 10.8 Å². The van der Waals surface area contributed by atoms with Crippen molar-refractivity contribution in [2.45, 2.75) is 38.6 Å². The summed E-state index contributed by atoms with van der Waals surface area (Å²) in [5, 5.41) is 19.8. The van der Waals surface area contributed by atoms with Crippen molar-refractivity contribution in [2.24, 2.45) is 0 Å². The van der Waals surface area contributed by atoms with Crippen LogP contribution in [-0.2, 0) is 19.5 Å². The SMILES string of the molecule is Cc1csc(CN(C)C(=O)c2cccc(C(=O)N[C@@H](Cc3ccccc3)[C@H](O)CNCc3cncc(F)c3)c2)n1. The number of amides is 2. The lowest BCUT2D eigenvalue weighted by atomic mass is 10.00. The topological polar surface area (TPSA) is 107 Å². The number of pyridine rings is 1. The summed E-state index contributed by atoms with van der Waals surface area (Å²) in [5.74, 6) is -1.05. The van der Waals surface area contributed by atoms with Gasteiger partial charge in [0.05, 0.1) is 24.9 Å². The van der Waals surface area contributed by atoms with Crippen molar-refractivity contribution >= 4 is 23.2 Å². The summed E-state index contributed by atoms with van der Waals surface area (Å²) in [6.07, 6.45) is 2.14. The minimum absolute atomic E-state index is 0.161. The molecule has 0 radical (unpaired) electrons. The molecule has 2 atom stereocenters. The molecule has 0 aliphatic heterocycles. The molecule has 0 unspecified atom stereocenters. The predicted octanol–water partition coefficient (Wildman–Crippen LogP) is 3.75. The number of halogens is 1. The molecule has 4 rings (SSSR count). The predicted molar refractivity (Wildman–Crippen MR) is 152 cm³/mol. The number of nitrogens with one attached hydrogen (secondary N) is 2. The fourth-order valence-electron chi connectivity index (χ4n) is 4.23. The average molecular weight is 562 g/mol. The van der Waals surface area contributed by atoms with Gasteiger partial charge >= 0.3 is 0 Å². The van der Waals surface area contributed by atoms with Gasteiger partial charge in [0.2, 0.25) is 0 Å². The lowest BCUT2D eigenvalue weighted by Crippen LogP contribution is -2.48. The molecule has 0 saturated carbocycles. The lowest BCUT2D eigenvalue weighted by Gasteiger charge is -2.25. The van der Waals surface area contributed by atoms with Crippen LogP contribution in [0.25, 0.3) is 0 Å². The molecule has 0 aliphatic rings. The van der Waals surface area contributed by atoms with Gasteiger partial charge in [-0.2, -0.15) is 0 Å². The van der Waals surface area contributed by atoms with E-state index in [9.17, 15) is 19.1 Å². The second kappa shape index (κ2) is 13.9. The van der Waals surface area contributed by atoms with Gasteiger partial charge in [-0.05, 0) is 48.7 Å². The third kappa shape index (κ3) is 8.25. The number of aryl methyl sites for hydroxylation is 1.